The Bertz CT molecular complexity index is 548. The Labute approximate surface area is 155 Å². The molecule has 3 N–H and O–H groups in total. The molecule has 1 saturated heterocycles. The molecule has 7 heteroatoms. The summed E-state index contributed by atoms with van der Waals surface area (Å²) in [5.41, 5.74) is 6.46. The first-order chi connectivity index (χ1) is 11.6. The molecular formula is C18H29ClN2O4. The van der Waals surface area contributed by atoms with Crippen LogP contribution in [0.4, 0.5) is 0 Å². The summed E-state index contributed by atoms with van der Waals surface area (Å²) in [6.45, 7) is 6.68. The van der Waals surface area contributed by atoms with Crippen molar-refractivity contribution in [2.75, 3.05) is 33.0 Å². The fraction of sp³-hybridized carbons (Fsp3) is 0.611. The Hall–Kier alpha value is -1.50. The molecule has 1 aliphatic rings. The molecule has 6 nitrogen and oxygen atoms in total. The van der Waals surface area contributed by atoms with Crippen LogP contribution in [0.1, 0.15) is 32.3 Å². The molecule has 25 heavy (non-hydrogen) atoms. The lowest BCUT2D eigenvalue weighted by atomic mass is 9.90. The third kappa shape index (κ3) is 6.06. The average Bonchev–Trinajstić information content (AvgIpc) is 2.58. The number of halogens is 1. The molecule has 0 radical (unpaired) electrons. The van der Waals surface area contributed by atoms with Crippen LogP contribution in [0.25, 0.3) is 0 Å². The number of carbonyl (C=O) groups is 1. The number of rotatable bonds is 8. The van der Waals surface area contributed by atoms with Gasteiger partial charge in [-0.2, -0.15) is 0 Å². The zero-order valence-corrected chi connectivity index (χ0v) is 15.8. The number of hydrogen-bond acceptors (Lipinski definition) is 5. The van der Waals surface area contributed by atoms with E-state index in [2.05, 4.69) is 5.32 Å². The van der Waals surface area contributed by atoms with Crippen LogP contribution in [-0.4, -0.2) is 44.4 Å². The Kier molecular flexibility index (Phi) is 9.03. The third-order valence-corrected chi connectivity index (χ3v) is 4.14. The zero-order valence-electron chi connectivity index (χ0n) is 15.0. The molecule has 1 aliphatic heterocycles. The third-order valence-electron chi connectivity index (χ3n) is 4.14. The summed E-state index contributed by atoms with van der Waals surface area (Å²) in [6.07, 6.45) is 1.84. The fourth-order valence-electron chi connectivity index (χ4n) is 2.71. The van der Waals surface area contributed by atoms with Crippen LogP contribution in [-0.2, 0) is 16.0 Å². The van der Waals surface area contributed by atoms with Gasteiger partial charge < -0.3 is 25.3 Å². The van der Waals surface area contributed by atoms with E-state index in [-0.39, 0.29) is 18.3 Å². The number of benzene rings is 1. The highest BCUT2D eigenvalue weighted by Crippen LogP contribution is 2.28. The van der Waals surface area contributed by atoms with Gasteiger partial charge in [-0.15, -0.1) is 12.4 Å². The van der Waals surface area contributed by atoms with Gasteiger partial charge in [0.1, 0.15) is 0 Å². The van der Waals surface area contributed by atoms with Crippen LogP contribution in [0.3, 0.4) is 0 Å². The summed E-state index contributed by atoms with van der Waals surface area (Å²) in [4.78, 5) is 12.3. The van der Waals surface area contributed by atoms with Crippen molar-refractivity contribution in [2.24, 2.45) is 5.73 Å². The molecule has 0 unspecified atom stereocenters. The monoisotopic (exact) mass is 372 g/mol. The number of hydrogen-bond donors (Lipinski definition) is 2. The smallest absolute Gasteiger partial charge is 0.240 e. The lowest BCUT2D eigenvalue weighted by Crippen LogP contribution is -2.57. The molecule has 0 spiro atoms. The molecule has 0 bridgehead atoms. The minimum Gasteiger partial charge on any atom is -0.490 e. The zero-order chi connectivity index (χ0) is 17.4. The number of amides is 1. The van der Waals surface area contributed by atoms with Crippen LogP contribution < -0.4 is 20.5 Å². The van der Waals surface area contributed by atoms with Crippen molar-refractivity contribution in [2.45, 2.75) is 38.6 Å². The van der Waals surface area contributed by atoms with Gasteiger partial charge in [0.2, 0.25) is 5.91 Å². The Morgan fingerprint density at radius 2 is 1.84 bits per heavy atom. The van der Waals surface area contributed by atoms with Gasteiger partial charge in [0.05, 0.1) is 18.8 Å². The fourth-order valence-corrected chi connectivity index (χ4v) is 2.71. The van der Waals surface area contributed by atoms with E-state index in [1.807, 2.05) is 32.0 Å². The van der Waals surface area contributed by atoms with E-state index in [9.17, 15) is 4.79 Å². The van der Waals surface area contributed by atoms with E-state index in [0.29, 0.717) is 52.2 Å². The van der Waals surface area contributed by atoms with E-state index >= 15 is 0 Å². The molecule has 1 aromatic carbocycles. The van der Waals surface area contributed by atoms with Crippen LogP contribution in [0.15, 0.2) is 18.2 Å². The van der Waals surface area contributed by atoms with Gasteiger partial charge in [-0.25, -0.2) is 0 Å². The van der Waals surface area contributed by atoms with Gasteiger partial charge >= 0.3 is 0 Å². The summed E-state index contributed by atoms with van der Waals surface area (Å²) in [7, 11) is 0. The molecule has 2 rings (SSSR count). The van der Waals surface area contributed by atoms with Crippen LogP contribution >= 0.6 is 12.4 Å². The SMILES string of the molecule is CCOc1ccc(CCNC(=O)C2(N)CCOCC2)cc1OCC.Cl. The van der Waals surface area contributed by atoms with Gasteiger partial charge in [-0.1, -0.05) is 6.07 Å². The first-order valence-electron chi connectivity index (χ1n) is 8.62. The lowest BCUT2D eigenvalue weighted by molar-refractivity contribution is -0.129. The maximum atomic E-state index is 12.3. The van der Waals surface area contributed by atoms with Crippen LogP contribution in [0.2, 0.25) is 0 Å². The summed E-state index contributed by atoms with van der Waals surface area (Å²) in [5, 5.41) is 2.94. The van der Waals surface area contributed by atoms with E-state index < -0.39 is 5.54 Å². The molecule has 0 aliphatic carbocycles. The predicted octanol–water partition coefficient (Wildman–Crippen LogP) is 2.07. The van der Waals surface area contributed by atoms with Gasteiger partial charge in [0, 0.05) is 19.8 Å². The molecule has 1 aromatic rings. The van der Waals surface area contributed by atoms with Crippen molar-refractivity contribution in [3.63, 3.8) is 0 Å². The first kappa shape index (κ1) is 21.5. The van der Waals surface area contributed by atoms with Crippen molar-refractivity contribution in [1.82, 2.24) is 5.32 Å². The van der Waals surface area contributed by atoms with Crippen LogP contribution in [0.5, 0.6) is 11.5 Å². The number of carbonyl (C=O) groups excluding carboxylic acids is 1. The van der Waals surface area contributed by atoms with E-state index in [4.69, 9.17) is 19.9 Å². The largest absolute Gasteiger partial charge is 0.490 e. The minimum absolute atomic E-state index is 0. The van der Waals surface area contributed by atoms with Crippen molar-refractivity contribution < 1.29 is 19.0 Å². The Balaban J connectivity index is 0.00000312. The highest BCUT2D eigenvalue weighted by molar-refractivity contribution is 5.86. The second-order valence-electron chi connectivity index (χ2n) is 5.92. The van der Waals surface area contributed by atoms with Gasteiger partial charge in [0.25, 0.3) is 0 Å². The van der Waals surface area contributed by atoms with E-state index in [1.54, 1.807) is 0 Å². The van der Waals surface area contributed by atoms with Crippen molar-refractivity contribution in [3.05, 3.63) is 23.8 Å². The molecule has 1 heterocycles. The molecule has 0 aromatic heterocycles. The molecule has 1 amide bonds. The van der Waals surface area contributed by atoms with E-state index in [1.165, 1.54) is 0 Å². The molecule has 1 fully saturated rings. The highest BCUT2D eigenvalue weighted by atomic mass is 35.5. The molecule has 0 saturated carbocycles. The van der Waals surface area contributed by atoms with Crippen molar-refractivity contribution in [1.29, 1.82) is 0 Å². The normalized spacial score (nSPS) is 15.8. The first-order valence-corrected chi connectivity index (χ1v) is 8.62. The predicted molar refractivity (Wildman–Crippen MR) is 99.7 cm³/mol. The van der Waals surface area contributed by atoms with Crippen molar-refractivity contribution >= 4 is 18.3 Å². The maximum absolute atomic E-state index is 12.3. The summed E-state index contributed by atoms with van der Waals surface area (Å²) >= 11 is 0. The van der Waals surface area contributed by atoms with Crippen molar-refractivity contribution in [3.8, 4) is 11.5 Å². The average molecular weight is 373 g/mol. The van der Waals surface area contributed by atoms with Gasteiger partial charge in [0.15, 0.2) is 11.5 Å². The topological polar surface area (TPSA) is 82.8 Å². The van der Waals surface area contributed by atoms with Gasteiger partial charge in [-0.05, 0) is 50.8 Å². The molecule has 142 valence electrons. The summed E-state index contributed by atoms with van der Waals surface area (Å²) in [5.74, 6) is 1.39. The molecule has 0 atom stereocenters. The standard InChI is InChI=1S/C18H28N2O4.ClH/c1-3-23-15-6-5-14(13-16(15)24-4-2)7-10-20-17(21)18(19)8-11-22-12-9-18;/h5-6,13H,3-4,7-12,19H2,1-2H3,(H,20,21);1H. The number of ether oxygens (including phenoxy) is 3. The maximum Gasteiger partial charge on any atom is 0.240 e. The van der Waals surface area contributed by atoms with E-state index in [0.717, 1.165) is 17.1 Å². The Morgan fingerprint density at radius 1 is 1.20 bits per heavy atom. The van der Waals surface area contributed by atoms with Gasteiger partial charge in [-0.3, -0.25) is 4.79 Å². The summed E-state index contributed by atoms with van der Waals surface area (Å²) in [6, 6.07) is 5.87. The minimum atomic E-state index is -0.798. The van der Waals surface area contributed by atoms with Crippen LogP contribution in [0, 0.1) is 0 Å². The Morgan fingerprint density at radius 3 is 2.48 bits per heavy atom. The molecular weight excluding hydrogens is 344 g/mol. The highest BCUT2D eigenvalue weighted by Gasteiger charge is 2.35. The number of nitrogens with one attached hydrogen (secondary N) is 1. The quantitative estimate of drug-likeness (QED) is 0.730. The summed E-state index contributed by atoms with van der Waals surface area (Å²) < 4.78 is 16.4. The lowest BCUT2D eigenvalue weighted by Gasteiger charge is -2.31. The second-order valence-corrected chi connectivity index (χ2v) is 5.92. The second kappa shape index (κ2) is 10.5. The number of nitrogens with two attached hydrogens (primary N) is 1.